The Kier molecular flexibility index (Phi) is 9.90. The van der Waals surface area contributed by atoms with Crippen LogP contribution in [0, 0.1) is 26.7 Å². The van der Waals surface area contributed by atoms with Gasteiger partial charge in [-0.25, -0.2) is 4.79 Å². The van der Waals surface area contributed by atoms with Crippen molar-refractivity contribution in [3.05, 3.63) is 64.7 Å². The van der Waals surface area contributed by atoms with Crippen LogP contribution in [-0.4, -0.2) is 40.5 Å². The lowest BCUT2D eigenvalue weighted by Gasteiger charge is -2.38. The van der Waals surface area contributed by atoms with Gasteiger partial charge in [-0.1, -0.05) is 55.8 Å². The third-order valence-corrected chi connectivity index (χ3v) is 6.07. The second-order valence-electron chi connectivity index (χ2n) is 11.3. The number of carbonyl (C=O) groups is 3. The number of amides is 3. The highest BCUT2D eigenvalue weighted by atomic mass is 16.6. The van der Waals surface area contributed by atoms with E-state index in [4.69, 9.17) is 4.74 Å². The summed E-state index contributed by atoms with van der Waals surface area (Å²) in [6.07, 6.45) is -0.671. The molecule has 0 aliphatic heterocycles. The lowest BCUT2D eigenvalue weighted by molar-refractivity contribution is -0.143. The van der Waals surface area contributed by atoms with Gasteiger partial charge >= 0.3 is 6.09 Å². The molecule has 37 heavy (non-hydrogen) atoms. The minimum Gasteiger partial charge on any atom is -0.444 e. The Labute approximate surface area is 222 Å². The van der Waals surface area contributed by atoms with Gasteiger partial charge in [0, 0.05) is 11.7 Å². The summed E-state index contributed by atoms with van der Waals surface area (Å²) < 4.78 is 5.43. The van der Waals surface area contributed by atoms with Crippen LogP contribution in [0.15, 0.2) is 42.5 Å². The van der Waals surface area contributed by atoms with E-state index in [1.165, 1.54) is 0 Å². The molecule has 2 atom stereocenters. The van der Waals surface area contributed by atoms with E-state index in [1.807, 2.05) is 90.9 Å². The van der Waals surface area contributed by atoms with Crippen LogP contribution in [0.25, 0.3) is 0 Å². The molecule has 3 amide bonds. The predicted molar refractivity (Wildman–Crippen MR) is 148 cm³/mol. The number of hydrogen-bond donors (Lipinski definition) is 2. The molecule has 2 unspecified atom stereocenters. The third-order valence-electron chi connectivity index (χ3n) is 6.07. The minimum atomic E-state index is -0.908. The maximum atomic E-state index is 14.1. The molecular formula is C30H43N3O4. The molecule has 0 saturated carbocycles. The van der Waals surface area contributed by atoms with Crippen LogP contribution >= 0.6 is 0 Å². The van der Waals surface area contributed by atoms with Crippen molar-refractivity contribution in [1.82, 2.24) is 10.2 Å². The van der Waals surface area contributed by atoms with E-state index in [-0.39, 0.29) is 23.8 Å². The topological polar surface area (TPSA) is 87.7 Å². The summed E-state index contributed by atoms with van der Waals surface area (Å²) in [5, 5.41) is 5.79. The van der Waals surface area contributed by atoms with Gasteiger partial charge < -0.3 is 20.3 Å². The maximum Gasteiger partial charge on any atom is 0.408 e. The van der Waals surface area contributed by atoms with Crippen LogP contribution in [0.4, 0.5) is 10.5 Å². The molecule has 7 heteroatoms. The Morgan fingerprint density at radius 3 is 2.03 bits per heavy atom. The molecule has 0 bridgehead atoms. The molecule has 0 saturated heterocycles. The van der Waals surface area contributed by atoms with Crippen molar-refractivity contribution in [2.45, 2.75) is 93.0 Å². The van der Waals surface area contributed by atoms with Crippen molar-refractivity contribution in [3.8, 4) is 0 Å². The van der Waals surface area contributed by atoms with Crippen LogP contribution in [0.2, 0.25) is 0 Å². The van der Waals surface area contributed by atoms with Gasteiger partial charge in [-0.3, -0.25) is 9.59 Å². The molecule has 2 rings (SSSR count). The second kappa shape index (κ2) is 12.3. The average molecular weight is 510 g/mol. The minimum absolute atomic E-state index is 0.236. The number of carbonyl (C=O) groups excluding carboxylic acids is 3. The Balaban J connectivity index is 2.57. The molecule has 2 aromatic rings. The summed E-state index contributed by atoms with van der Waals surface area (Å²) in [6, 6.07) is 11.3. The fraction of sp³-hybridized carbons (Fsp3) is 0.500. The molecule has 0 aromatic heterocycles. The summed E-state index contributed by atoms with van der Waals surface area (Å²) in [5.74, 6) is -0.899. The quantitative estimate of drug-likeness (QED) is 0.452. The average Bonchev–Trinajstić information content (AvgIpc) is 2.75. The number of rotatable bonds is 8. The Morgan fingerprint density at radius 2 is 1.51 bits per heavy atom. The van der Waals surface area contributed by atoms with E-state index in [1.54, 1.807) is 25.7 Å². The molecule has 2 aromatic carbocycles. The number of benzene rings is 2. The number of para-hydroxylation sites is 1. The van der Waals surface area contributed by atoms with Crippen LogP contribution in [0.1, 0.15) is 76.8 Å². The van der Waals surface area contributed by atoms with Gasteiger partial charge in [-0.15, -0.1) is 0 Å². The lowest BCUT2D eigenvalue weighted by atomic mass is 9.94. The van der Waals surface area contributed by atoms with Crippen LogP contribution in [0.3, 0.4) is 0 Å². The standard InChI is InChI=1S/C30H43N3O4/c1-18(2)25(32-29(36)37-30(8,9)10)28(35)33(19(3)4)26(23-16-15-20(5)17-22(23)7)27(34)31-24-14-12-11-13-21(24)6/h11-19,25-26H,1-10H3,(H,31,34)(H,32,36). The molecule has 0 spiro atoms. The van der Waals surface area contributed by atoms with Crippen molar-refractivity contribution in [3.63, 3.8) is 0 Å². The highest BCUT2D eigenvalue weighted by Crippen LogP contribution is 2.30. The Morgan fingerprint density at radius 1 is 0.892 bits per heavy atom. The summed E-state index contributed by atoms with van der Waals surface area (Å²) in [5.41, 5.74) is 3.60. The largest absolute Gasteiger partial charge is 0.444 e. The summed E-state index contributed by atoms with van der Waals surface area (Å²) in [4.78, 5) is 42.3. The Hall–Kier alpha value is -3.35. The zero-order valence-electron chi connectivity index (χ0n) is 23.9. The van der Waals surface area contributed by atoms with E-state index >= 15 is 0 Å². The number of anilines is 1. The number of nitrogens with zero attached hydrogens (tertiary/aromatic N) is 1. The fourth-order valence-electron chi connectivity index (χ4n) is 4.25. The second-order valence-corrected chi connectivity index (χ2v) is 11.3. The molecule has 0 fully saturated rings. The Bertz CT molecular complexity index is 1120. The van der Waals surface area contributed by atoms with E-state index in [2.05, 4.69) is 10.6 Å². The number of aryl methyl sites for hydroxylation is 3. The number of ether oxygens (including phenoxy) is 1. The third kappa shape index (κ3) is 8.07. The molecule has 0 heterocycles. The maximum absolute atomic E-state index is 14.1. The van der Waals surface area contributed by atoms with Gasteiger partial charge in [0.15, 0.2) is 0 Å². The van der Waals surface area contributed by atoms with E-state index in [0.717, 1.165) is 22.3 Å². The zero-order chi connectivity index (χ0) is 28.1. The van der Waals surface area contributed by atoms with E-state index in [0.29, 0.717) is 5.69 Å². The van der Waals surface area contributed by atoms with Gasteiger partial charge in [0.1, 0.15) is 17.7 Å². The summed E-state index contributed by atoms with van der Waals surface area (Å²) in [7, 11) is 0. The lowest BCUT2D eigenvalue weighted by Crippen LogP contribution is -2.56. The number of alkyl carbamates (subject to hydrolysis) is 1. The van der Waals surface area contributed by atoms with Gasteiger partial charge in [0.2, 0.25) is 5.91 Å². The van der Waals surface area contributed by atoms with Crippen LogP contribution in [0.5, 0.6) is 0 Å². The van der Waals surface area contributed by atoms with Gasteiger partial charge in [-0.2, -0.15) is 0 Å². The first kappa shape index (κ1) is 29.9. The summed E-state index contributed by atoms with van der Waals surface area (Å²) >= 11 is 0. The molecule has 2 N–H and O–H groups in total. The molecule has 0 aliphatic carbocycles. The first-order valence-electron chi connectivity index (χ1n) is 12.9. The van der Waals surface area contributed by atoms with Crippen molar-refractivity contribution >= 4 is 23.6 Å². The zero-order valence-corrected chi connectivity index (χ0v) is 23.9. The predicted octanol–water partition coefficient (Wildman–Crippen LogP) is 6.08. The van der Waals surface area contributed by atoms with Crippen molar-refractivity contribution in [2.75, 3.05) is 5.32 Å². The van der Waals surface area contributed by atoms with Crippen LogP contribution < -0.4 is 10.6 Å². The molecular weight excluding hydrogens is 466 g/mol. The number of hydrogen-bond acceptors (Lipinski definition) is 4. The monoisotopic (exact) mass is 509 g/mol. The highest BCUT2D eigenvalue weighted by molar-refractivity contribution is 5.99. The van der Waals surface area contributed by atoms with Gasteiger partial charge in [0.05, 0.1) is 0 Å². The normalized spacial score (nSPS) is 13.2. The van der Waals surface area contributed by atoms with Gasteiger partial charge in [0.25, 0.3) is 5.91 Å². The fourth-order valence-corrected chi connectivity index (χ4v) is 4.25. The molecule has 0 aliphatic rings. The first-order chi connectivity index (χ1) is 17.1. The number of nitrogens with one attached hydrogen (secondary N) is 2. The first-order valence-corrected chi connectivity index (χ1v) is 12.9. The smallest absolute Gasteiger partial charge is 0.408 e. The van der Waals surface area contributed by atoms with Crippen LogP contribution in [-0.2, 0) is 14.3 Å². The van der Waals surface area contributed by atoms with Gasteiger partial charge in [-0.05, 0) is 84.1 Å². The SMILES string of the molecule is Cc1ccc(C(C(=O)Nc2ccccc2C)N(C(=O)C(NC(=O)OC(C)(C)C)C(C)C)C(C)C)c(C)c1. The molecule has 202 valence electrons. The van der Waals surface area contributed by atoms with Crippen molar-refractivity contribution in [1.29, 1.82) is 0 Å². The van der Waals surface area contributed by atoms with E-state index < -0.39 is 23.8 Å². The van der Waals surface area contributed by atoms with Crippen molar-refractivity contribution < 1.29 is 19.1 Å². The molecule has 7 nitrogen and oxygen atoms in total. The molecule has 0 radical (unpaired) electrons. The van der Waals surface area contributed by atoms with Crippen molar-refractivity contribution in [2.24, 2.45) is 5.92 Å². The highest BCUT2D eigenvalue weighted by Gasteiger charge is 2.39. The van der Waals surface area contributed by atoms with E-state index in [9.17, 15) is 14.4 Å². The summed E-state index contributed by atoms with van der Waals surface area (Å²) in [6.45, 7) is 18.6.